The van der Waals surface area contributed by atoms with E-state index in [1.165, 1.54) is 22.7 Å². The highest BCUT2D eigenvalue weighted by Gasteiger charge is 2.47. The lowest BCUT2D eigenvalue weighted by molar-refractivity contribution is -0.226. The molecule has 22 N–H and O–H groups in total. The second-order valence-electron chi connectivity index (χ2n) is 17.6. The Morgan fingerprint density at radius 1 is 0.863 bits per heavy atom. The number of ether oxygens (including phenoxy) is 1. The van der Waals surface area contributed by atoms with E-state index in [0.29, 0.717) is 12.2 Å². The van der Waals surface area contributed by atoms with Crippen molar-refractivity contribution in [2.24, 2.45) is 27.9 Å². The van der Waals surface area contributed by atoms with Gasteiger partial charge in [-0.15, -0.1) is 0 Å². The number of carboxylic acids is 1. The molecule has 38 heteroatoms. The molecule has 12 atom stereocenters. The lowest BCUT2D eigenvalue weighted by Crippen LogP contribution is -2.59. The van der Waals surface area contributed by atoms with E-state index in [9.17, 15) is 73.3 Å². The monoisotopic (exact) mass is 1180 g/mol. The van der Waals surface area contributed by atoms with Gasteiger partial charge in [0.2, 0.25) is 47.8 Å². The minimum Gasteiger partial charge on any atom is -0.612 e. The van der Waals surface area contributed by atoms with Crippen molar-refractivity contribution >= 4 is 102 Å². The van der Waals surface area contributed by atoms with Crippen LogP contribution in [0.5, 0.6) is 0 Å². The number of carbonyl (C=O) groups excluding carboxylic acids is 9. The lowest BCUT2D eigenvalue weighted by atomic mass is 10.1. The number of amides is 9. The molecule has 80 heavy (non-hydrogen) atoms. The third-order valence-corrected chi connectivity index (χ3v) is 13.5. The summed E-state index contributed by atoms with van der Waals surface area (Å²) in [6.45, 7) is 0.0293. The number of aliphatic carboxylic acids is 1. The number of aliphatic hydroxyl groups is 3. The second-order valence-corrected chi connectivity index (χ2v) is 20.3. The number of imidazole rings is 1. The Morgan fingerprint density at radius 2 is 1.52 bits per heavy atom. The largest absolute Gasteiger partial charge is 0.612 e. The van der Waals surface area contributed by atoms with Gasteiger partial charge in [-0.1, -0.05) is 0 Å². The predicted octanol–water partition coefficient (Wildman–Crippen LogP) is -9.22. The minimum atomic E-state index is -4.89. The number of carbonyl (C=O) groups is 10. The van der Waals surface area contributed by atoms with E-state index in [1.807, 2.05) is 5.09 Å². The molecule has 0 bridgehead atoms. The summed E-state index contributed by atoms with van der Waals surface area (Å²) in [4.78, 5) is 158. The number of nitrogens with zero attached hydrogens (tertiary/aromatic N) is 5. The minimum absolute atomic E-state index is 0.00676. The van der Waals surface area contributed by atoms with Crippen LogP contribution in [0.25, 0.3) is 11.2 Å². The summed E-state index contributed by atoms with van der Waals surface area (Å²) in [6, 6.07) is -9.74. The summed E-state index contributed by atoms with van der Waals surface area (Å²) in [7, 11) is -4.89. The van der Waals surface area contributed by atoms with E-state index in [2.05, 4.69) is 57.2 Å². The summed E-state index contributed by atoms with van der Waals surface area (Å²) in [5.74, 6) is -10.5. The molecular weight excluding hydrogens is 1110 g/mol. The molecule has 0 saturated carbocycles. The van der Waals surface area contributed by atoms with E-state index >= 15 is 0 Å². The number of primary amides is 1. The number of aromatic nitrogens is 4. The highest BCUT2D eigenvalue weighted by molar-refractivity contribution is 7.98. The van der Waals surface area contributed by atoms with Crippen LogP contribution in [0.1, 0.15) is 58.6 Å². The van der Waals surface area contributed by atoms with Crippen molar-refractivity contribution in [2.75, 3.05) is 50.6 Å². The van der Waals surface area contributed by atoms with Crippen molar-refractivity contribution < 1.29 is 87.0 Å². The molecule has 2 aromatic rings. The molecule has 0 aliphatic carbocycles. The van der Waals surface area contributed by atoms with Crippen molar-refractivity contribution in [1.29, 1.82) is 0 Å². The Kier molecular flexibility index (Phi) is 27.5. The van der Waals surface area contributed by atoms with Crippen LogP contribution >= 0.6 is 19.9 Å². The first kappa shape index (κ1) is 67.1. The summed E-state index contributed by atoms with van der Waals surface area (Å²) in [6.07, 6.45) is -5.10. The number of fused-ring (bicyclic) bond motifs is 1. The third-order valence-electron chi connectivity index (χ3n) is 11.3. The fourth-order valence-corrected chi connectivity index (χ4v) is 9.03. The van der Waals surface area contributed by atoms with Crippen LogP contribution in [0.4, 0.5) is 5.82 Å². The Morgan fingerprint density at radius 3 is 2.15 bits per heavy atom. The predicted molar refractivity (Wildman–Crippen MR) is 278 cm³/mol. The van der Waals surface area contributed by atoms with Crippen molar-refractivity contribution in [3.8, 4) is 0 Å². The summed E-state index contributed by atoms with van der Waals surface area (Å²) < 4.78 is 17.8. The Bertz CT molecular complexity index is 2510. The van der Waals surface area contributed by atoms with Gasteiger partial charge in [-0.2, -0.15) is 25.9 Å². The zero-order valence-corrected chi connectivity index (χ0v) is 45.3. The van der Waals surface area contributed by atoms with Crippen molar-refractivity contribution in [1.82, 2.24) is 61.8 Å². The van der Waals surface area contributed by atoms with E-state index < -0.39 is 161 Å². The first-order chi connectivity index (χ1) is 37.7. The number of nitrogens with two attached hydrogens (primary N) is 5. The van der Waals surface area contributed by atoms with Gasteiger partial charge in [0.1, 0.15) is 73.0 Å². The molecule has 9 amide bonds. The van der Waals surface area contributed by atoms with Crippen LogP contribution in [-0.4, -0.2) is 211 Å². The summed E-state index contributed by atoms with van der Waals surface area (Å²) in [5.41, 5.74) is 27.7. The molecule has 1 fully saturated rings. The third kappa shape index (κ3) is 21.1. The number of aliphatic imine (C=N–C) groups is 1. The maximum atomic E-state index is 14.0. The average molecular weight is 1180 g/mol. The maximum Gasteiger partial charge on any atom is 0.338 e. The molecule has 1 aliphatic heterocycles. The number of nitrogens with one attached hydrogen (secondary N) is 8. The number of aliphatic hydroxyl groups excluding tert-OH is 3. The van der Waals surface area contributed by atoms with Gasteiger partial charge in [0, 0.05) is 6.54 Å². The van der Waals surface area contributed by atoms with E-state index in [-0.39, 0.29) is 61.7 Å². The molecule has 446 valence electrons. The number of carboxylic acid groups (broad SMARTS) is 1. The van der Waals surface area contributed by atoms with Crippen LogP contribution < -0.4 is 75.9 Å². The first-order valence-corrected chi connectivity index (χ1v) is 27.3. The number of thioether (sulfide) groups is 1. The lowest BCUT2D eigenvalue weighted by Gasteiger charge is -2.29. The zero-order chi connectivity index (χ0) is 59.9. The first-order valence-electron chi connectivity index (χ1n) is 24.3. The highest BCUT2D eigenvalue weighted by Crippen LogP contribution is 2.49. The van der Waals surface area contributed by atoms with Gasteiger partial charge >= 0.3 is 14.1 Å². The number of hydrogen-bond acceptors (Lipinski definition) is 24. The molecule has 36 nitrogen and oxygen atoms in total. The van der Waals surface area contributed by atoms with Gasteiger partial charge in [-0.3, -0.25) is 57.5 Å². The van der Waals surface area contributed by atoms with Crippen LogP contribution in [0.3, 0.4) is 0 Å². The zero-order valence-electron chi connectivity index (χ0n) is 43.6. The number of rotatable bonds is 36. The fourth-order valence-electron chi connectivity index (χ4n) is 7.21. The van der Waals surface area contributed by atoms with E-state index in [4.69, 9.17) is 42.5 Å². The smallest absolute Gasteiger partial charge is 0.338 e. The SMILES string of the molecule is CSCC[C@H](NC=O)C(=O)N[C@@H](CCCN=C(N)N)C(=O)N[C@H](C(=O)NCC(=O)N[C@@H](CC(N)=O)C(=O)N[C@@H](C)C(=O)N[C@@H](CC(=O)O)C(=O)N[P+]([O-])(OCCCN)OC[C@H]1O[C@@H](n2cnc3c(N)ncnc32)[C@H](O)[C@@H]1O)[C@@H](C)O. The van der Waals surface area contributed by atoms with Gasteiger partial charge < -0.3 is 95.9 Å². The molecule has 0 radical (unpaired) electrons. The average Bonchev–Trinajstić information content (AvgIpc) is 3.94. The fraction of sp³-hybridized carbons (Fsp3) is 0.619. The Hall–Kier alpha value is -7.22. The second kappa shape index (κ2) is 32.8. The molecule has 1 saturated heterocycles. The normalized spacial score (nSPS) is 19.2. The van der Waals surface area contributed by atoms with Gasteiger partial charge in [0.25, 0.3) is 5.91 Å². The van der Waals surface area contributed by atoms with Gasteiger partial charge in [-0.25, -0.2) is 15.0 Å². The topological polar surface area (TPSA) is 585 Å². The molecule has 1 unspecified atom stereocenters. The molecule has 3 rings (SSSR count). The van der Waals surface area contributed by atoms with Crippen LogP contribution in [-0.2, 0) is 61.7 Å². The standard InChI is InChI=1S/C42H69N18O18PS/c1-19(35(69)57-24(13-28(65)66)39(73)59-79(75,76-10-5-8-43)77-15-25-31(67)32(68)41(78-25)60-17-52-30-33(45)50-16-51-34(30)60)54-38(72)23(12-26(44)63)55-27(64)14-49-40(74)29(20(2)62)58-37(71)22(6-4-9-48-42(46)47)56-36(70)21(53-18-61)7-11-80-3/h16-25,29,31-32,41,62,67-68H,4-15,43H2,1-3H3,(H2,44,63)(H,49,74)(H,53,61)(H,54,72)(H,55,64)(H,56,70)(H,57,69)(H,58,71)(H,65,66)(H2,45,50,51)(H4,46,47,48)(H,59,73,75)/t19-,20+,21-,22-,23-,24-,25+,29-,31+,32+,41+,79?/m0/s1. The molecular formula is C42H69N18O18PS. The van der Waals surface area contributed by atoms with Crippen LogP contribution in [0.15, 0.2) is 17.6 Å². The van der Waals surface area contributed by atoms with Gasteiger partial charge in [-0.05, 0) is 58.1 Å². The maximum absolute atomic E-state index is 14.0. The van der Waals surface area contributed by atoms with E-state index in [1.54, 1.807) is 6.26 Å². The van der Waals surface area contributed by atoms with Crippen LogP contribution in [0, 0.1) is 0 Å². The number of hydrogen-bond donors (Lipinski definition) is 17. The van der Waals surface area contributed by atoms with Crippen molar-refractivity contribution in [3.63, 3.8) is 0 Å². The summed E-state index contributed by atoms with van der Waals surface area (Å²) >= 11 is 1.39. The van der Waals surface area contributed by atoms with Gasteiger partial charge in [0.15, 0.2) is 23.7 Å². The summed E-state index contributed by atoms with van der Waals surface area (Å²) in [5, 5.41) is 59.5. The molecule has 3 heterocycles. The number of nitrogen functional groups attached to an aromatic ring is 1. The highest BCUT2D eigenvalue weighted by atomic mass is 32.2. The molecule has 0 spiro atoms. The van der Waals surface area contributed by atoms with Crippen molar-refractivity contribution in [2.45, 2.75) is 119 Å². The van der Waals surface area contributed by atoms with Crippen LogP contribution in [0.2, 0.25) is 0 Å². The Labute approximate surface area is 460 Å². The molecule has 1 aliphatic rings. The Balaban J connectivity index is 1.68. The quantitative estimate of drug-likeness (QED) is 0.00990. The molecule has 0 aromatic carbocycles. The van der Waals surface area contributed by atoms with Gasteiger partial charge in [0.05, 0.1) is 38.4 Å². The van der Waals surface area contributed by atoms with Crippen molar-refractivity contribution in [3.05, 3.63) is 12.7 Å². The number of anilines is 1. The number of guanidine groups is 1. The van der Waals surface area contributed by atoms with E-state index in [0.717, 1.165) is 20.2 Å². The molecule has 2 aromatic heterocycles.